The number of rotatable bonds is 2. The molecule has 0 spiro atoms. The second-order valence-corrected chi connectivity index (χ2v) is 7.45. The van der Waals surface area contributed by atoms with E-state index in [-0.39, 0.29) is 11.7 Å². The molecule has 2 heterocycles. The minimum Gasteiger partial charge on any atom is -0.358 e. The van der Waals surface area contributed by atoms with Crippen LogP contribution in [-0.2, 0) is 12.8 Å². The first-order valence-electron chi connectivity index (χ1n) is 9.94. The first-order valence-corrected chi connectivity index (χ1v) is 9.94. The molecule has 4 heteroatoms. The number of nitrogens with one attached hydrogen (secondary N) is 1. The van der Waals surface area contributed by atoms with Crippen molar-refractivity contribution in [3.05, 3.63) is 95.4 Å². The molecular formula is C25H21FN2O. The first kappa shape index (κ1) is 17.7. The minimum absolute atomic E-state index is 0.0642. The van der Waals surface area contributed by atoms with Crippen molar-refractivity contribution >= 4 is 16.8 Å². The second-order valence-electron chi connectivity index (χ2n) is 7.45. The van der Waals surface area contributed by atoms with E-state index in [2.05, 4.69) is 4.98 Å². The normalized spacial score (nSPS) is 13.9. The molecule has 1 N–H and O–H groups in total. The van der Waals surface area contributed by atoms with E-state index in [1.54, 1.807) is 6.07 Å². The highest BCUT2D eigenvalue weighted by atomic mass is 19.1. The predicted molar refractivity (Wildman–Crippen MR) is 113 cm³/mol. The third-order valence-electron chi connectivity index (χ3n) is 5.75. The lowest BCUT2D eigenvalue weighted by Gasteiger charge is -2.20. The molecule has 0 aliphatic carbocycles. The van der Waals surface area contributed by atoms with Crippen LogP contribution in [0.1, 0.15) is 21.6 Å². The average Bonchev–Trinajstić information content (AvgIpc) is 2.99. The Morgan fingerprint density at radius 2 is 1.55 bits per heavy atom. The van der Waals surface area contributed by atoms with Gasteiger partial charge in [0.15, 0.2) is 0 Å². The molecule has 0 saturated heterocycles. The molecule has 1 amide bonds. The van der Waals surface area contributed by atoms with Crippen molar-refractivity contribution in [1.82, 2.24) is 9.88 Å². The van der Waals surface area contributed by atoms with Crippen LogP contribution in [-0.4, -0.2) is 28.9 Å². The Bertz CT molecular complexity index is 1200. The van der Waals surface area contributed by atoms with Gasteiger partial charge in [-0.25, -0.2) is 4.39 Å². The fraction of sp³-hybridized carbons (Fsp3) is 0.160. The number of aromatic nitrogens is 1. The maximum Gasteiger partial charge on any atom is 0.253 e. The van der Waals surface area contributed by atoms with Gasteiger partial charge in [-0.05, 0) is 41.8 Å². The summed E-state index contributed by atoms with van der Waals surface area (Å²) in [5.41, 5.74) is 5.60. The zero-order valence-electron chi connectivity index (χ0n) is 16.0. The highest BCUT2D eigenvalue weighted by Gasteiger charge is 2.24. The van der Waals surface area contributed by atoms with E-state index < -0.39 is 0 Å². The number of benzene rings is 3. The number of carbonyl (C=O) groups excluding carboxylic acids is 1. The number of hydrogen-bond donors (Lipinski definition) is 1. The molecule has 0 bridgehead atoms. The Hall–Kier alpha value is -3.40. The Balaban J connectivity index is 1.53. The summed E-state index contributed by atoms with van der Waals surface area (Å²) in [5.74, 6) is -0.154. The fourth-order valence-electron chi connectivity index (χ4n) is 4.34. The zero-order valence-corrected chi connectivity index (χ0v) is 16.0. The van der Waals surface area contributed by atoms with E-state index >= 15 is 0 Å². The molecule has 144 valence electrons. The third kappa shape index (κ3) is 3.11. The zero-order chi connectivity index (χ0) is 19.8. The van der Waals surface area contributed by atoms with Gasteiger partial charge in [0.1, 0.15) is 5.82 Å². The molecule has 4 aromatic rings. The van der Waals surface area contributed by atoms with Crippen LogP contribution in [0, 0.1) is 5.82 Å². The van der Waals surface area contributed by atoms with Crippen molar-refractivity contribution in [1.29, 1.82) is 0 Å². The summed E-state index contributed by atoms with van der Waals surface area (Å²) in [6, 6.07) is 22.3. The Kier molecular flexibility index (Phi) is 4.39. The van der Waals surface area contributed by atoms with Crippen LogP contribution < -0.4 is 0 Å². The predicted octanol–water partition coefficient (Wildman–Crippen LogP) is 5.22. The first-order chi connectivity index (χ1) is 14.2. The average molecular weight is 384 g/mol. The van der Waals surface area contributed by atoms with Gasteiger partial charge < -0.3 is 9.88 Å². The van der Waals surface area contributed by atoms with Crippen LogP contribution in [0.4, 0.5) is 4.39 Å². The number of aromatic amines is 1. The number of hydrogen-bond acceptors (Lipinski definition) is 1. The van der Waals surface area contributed by atoms with Crippen LogP contribution in [0.15, 0.2) is 72.8 Å². The van der Waals surface area contributed by atoms with Gasteiger partial charge in [0.25, 0.3) is 5.91 Å². The second kappa shape index (κ2) is 7.21. The summed E-state index contributed by atoms with van der Waals surface area (Å²) in [4.78, 5) is 18.3. The molecule has 0 unspecified atom stereocenters. The lowest BCUT2D eigenvalue weighted by atomic mass is 9.96. The van der Waals surface area contributed by atoms with Crippen LogP contribution in [0.25, 0.3) is 22.0 Å². The van der Waals surface area contributed by atoms with Crippen molar-refractivity contribution in [2.45, 2.75) is 12.8 Å². The number of carbonyl (C=O) groups is 1. The molecule has 1 aliphatic rings. The largest absolute Gasteiger partial charge is 0.358 e. The molecular weight excluding hydrogens is 363 g/mol. The van der Waals surface area contributed by atoms with Crippen molar-refractivity contribution in [3.63, 3.8) is 0 Å². The summed E-state index contributed by atoms with van der Waals surface area (Å²) < 4.78 is 14.5. The van der Waals surface area contributed by atoms with Gasteiger partial charge >= 0.3 is 0 Å². The number of amides is 1. The van der Waals surface area contributed by atoms with E-state index in [4.69, 9.17) is 0 Å². The van der Waals surface area contributed by atoms with E-state index in [9.17, 15) is 9.18 Å². The molecule has 0 atom stereocenters. The van der Waals surface area contributed by atoms with Gasteiger partial charge in [0, 0.05) is 47.2 Å². The quantitative estimate of drug-likeness (QED) is 0.506. The topological polar surface area (TPSA) is 36.1 Å². The van der Waals surface area contributed by atoms with E-state index in [1.165, 1.54) is 11.6 Å². The summed E-state index contributed by atoms with van der Waals surface area (Å²) in [5, 5.41) is 1.07. The van der Waals surface area contributed by atoms with Crippen LogP contribution in [0.2, 0.25) is 0 Å². The van der Waals surface area contributed by atoms with Gasteiger partial charge in [0.05, 0.1) is 0 Å². The molecule has 5 rings (SSSR count). The van der Waals surface area contributed by atoms with Crippen LogP contribution in [0.5, 0.6) is 0 Å². The SMILES string of the molecule is O=C(c1ccccc1)N1CCc2[nH]c3cccc(-c4ccccc4F)c3c2CC1. The molecule has 0 saturated carbocycles. The maximum absolute atomic E-state index is 14.5. The van der Waals surface area contributed by atoms with Crippen molar-refractivity contribution in [2.75, 3.05) is 13.1 Å². The molecule has 1 aliphatic heterocycles. The Labute approximate surface area is 168 Å². The highest BCUT2D eigenvalue weighted by molar-refractivity contribution is 5.99. The van der Waals surface area contributed by atoms with Gasteiger partial charge in [-0.3, -0.25) is 4.79 Å². The lowest BCUT2D eigenvalue weighted by Crippen LogP contribution is -2.33. The number of halogens is 1. The molecule has 1 aromatic heterocycles. The Morgan fingerprint density at radius 1 is 0.828 bits per heavy atom. The van der Waals surface area contributed by atoms with E-state index in [0.29, 0.717) is 18.7 Å². The lowest BCUT2D eigenvalue weighted by molar-refractivity contribution is 0.0763. The van der Waals surface area contributed by atoms with Crippen molar-refractivity contribution < 1.29 is 9.18 Å². The van der Waals surface area contributed by atoms with E-state index in [0.717, 1.165) is 40.6 Å². The number of nitrogens with zero attached hydrogens (tertiary/aromatic N) is 1. The monoisotopic (exact) mass is 384 g/mol. The summed E-state index contributed by atoms with van der Waals surface area (Å²) in [6.07, 6.45) is 1.51. The molecule has 29 heavy (non-hydrogen) atoms. The minimum atomic E-state index is -0.218. The van der Waals surface area contributed by atoms with Crippen LogP contribution >= 0.6 is 0 Å². The van der Waals surface area contributed by atoms with Gasteiger partial charge in [0.2, 0.25) is 0 Å². The standard InChI is InChI=1S/C25H21FN2O/c26-21-11-5-4-9-18(21)19-10-6-12-23-24(19)20-13-15-28(16-14-22(20)27-23)25(29)17-7-2-1-3-8-17/h1-12,27H,13-16H2. The van der Waals surface area contributed by atoms with Gasteiger partial charge in [-0.2, -0.15) is 0 Å². The van der Waals surface area contributed by atoms with Gasteiger partial charge in [-0.15, -0.1) is 0 Å². The smallest absolute Gasteiger partial charge is 0.253 e. The summed E-state index contributed by atoms with van der Waals surface area (Å²) in [7, 11) is 0. The number of fused-ring (bicyclic) bond motifs is 3. The van der Waals surface area contributed by atoms with E-state index in [1.807, 2.05) is 65.6 Å². The van der Waals surface area contributed by atoms with Crippen molar-refractivity contribution in [2.24, 2.45) is 0 Å². The van der Waals surface area contributed by atoms with Crippen LogP contribution in [0.3, 0.4) is 0 Å². The summed E-state index contributed by atoms with van der Waals surface area (Å²) >= 11 is 0. The van der Waals surface area contributed by atoms with Gasteiger partial charge in [-0.1, -0.05) is 48.5 Å². The molecule has 0 fully saturated rings. The molecule has 3 nitrogen and oxygen atoms in total. The number of H-pyrrole nitrogens is 1. The third-order valence-corrected chi connectivity index (χ3v) is 5.75. The maximum atomic E-state index is 14.5. The highest BCUT2D eigenvalue weighted by Crippen LogP contribution is 2.35. The molecule has 0 radical (unpaired) electrons. The van der Waals surface area contributed by atoms with Crippen molar-refractivity contribution in [3.8, 4) is 11.1 Å². The molecule has 3 aromatic carbocycles. The summed E-state index contributed by atoms with van der Waals surface area (Å²) in [6.45, 7) is 1.32. The fourth-order valence-corrected chi connectivity index (χ4v) is 4.34. The Morgan fingerprint density at radius 3 is 2.38 bits per heavy atom.